The van der Waals surface area contributed by atoms with Crippen molar-refractivity contribution in [2.24, 2.45) is 5.16 Å². The maximum absolute atomic E-state index is 12.2. The van der Waals surface area contributed by atoms with E-state index in [0.717, 1.165) is 24.8 Å². The Bertz CT molecular complexity index is 981. The number of ketones is 1. The van der Waals surface area contributed by atoms with Crippen LogP contribution in [0.25, 0.3) is 0 Å². The molecule has 0 saturated heterocycles. The average molecular weight is 395 g/mol. The van der Waals surface area contributed by atoms with Crippen LogP contribution in [0.15, 0.2) is 41.6 Å². The third-order valence-corrected chi connectivity index (χ3v) is 4.96. The highest BCUT2D eigenvalue weighted by atomic mass is 16.7. The molecule has 0 bridgehead atoms. The number of oxime groups is 1. The summed E-state index contributed by atoms with van der Waals surface area (Å²) >= 11 is 0. The van der Waals surface area contributed by atoms with Gasteiger partial charge in [-0.3, -0.25) is 4.79 Å². The summed E-state index contributed by atoms with van der Waals surface area (Å²) in [6.45, 7) is 1.26. The van der Waals surface area contributed by atoms with Crippen LogP contribution in [0.4, 0.5) is 0 Å². The highest BCUT2D eigenvalue weighted by Gasteiger charge is 2.16. The highest BCUT2D eigenvalue weighted by Crippen LogP contribution is 2.32. The van der Waals surface area contributed by atoms with Crippen molar-refractivity contribution in [2.45, 2.75) is 26.2 Å². The van der Waals surface area contributed by atoms with E-state index in [9.17, 15) is 9.59 Å². The zero-order valence-corrected chi connectivity index (χ0v) is 16.1. The number of Topliss-reactive ketones (excluding diaryl/α,β-unsaturated/α-hetero) is 1. The summed E-state index contributed by atoms with van der Waals surface area (Å²) in [4.78, 5) is 29.1. The number of carbonyl (C=O) groups excluding carboxylic acids is 2. The Morgan fingerprint density at radius 1 is 0.966 bits per heavy atom. The lowest BCUT2D eigenvalue weighted by Gasteiger charge is -2.06. The van der Waals surface area contributed by atoms with E-state index in [1.165, 1.54) is 11.1 Å². The molecule has 150 valence electrons. The van der Waals surface area contributed by atoms with Gasteiger partial charge < -0.3 is 19.0 Å². The minimum Gasteiger partial charge on any atom is -0.455 e. The fraction of sp³-hybridized carbons (Fsp3) is 0.318. The first kappa shape index (κ1) is 19.0. The van der Waals surface area contributed by atoms with Crippen LogP contribution in [-0.2, 0) is 27.2 Å². The number of hydrogen-bond acceptors (Lipinski definition) is 7. The number of rotatable bonds is 7. The van der Waals surface area contributed by atoms with Gasteiger partial charge in [-0.05, 0) is 61.6 Å². The Morgan fingerprint density at radius 2 is 1.76 bits per heavy atom. The monoisotopic (exact) mass is 395 g/mol. The molecule has 2 aromatic rings. The third-order valence-electron chi connectivity index (χ3n) is 4.96. The van der Waals surface area contributed by atoms with Gasteiger partial charge in [-0.2, -0.15) is 0 Å². The summed E-state index contributed by atoms with van der Waals surface area (Å²) in [5.74, 6) is 0.440. The molecule has 0 aromatic heterocycles. The topological polar surface area (TPSA) is 83.4 Å². The van der Waals surface area contributed by atoms with Crippen molar-refractivity contribution < 1.29 is 28.6 Å². The van der Waals surface area contributed by atoms with Gasteiger partial charge in [-0.15, -0.1) is 0 Å². The number of esters is 1. The quantitative estimate of drug-likeness (QED) is 0.310. The van der Waals surface area contributed by atoms with Crippen molar-refractivity contribution in [3.05, 3.63) is 58.7 Å². The molecule has 7 heteroatoms. The zero-order chi connectivity index (χ0) is 20.2. The molecule has 2 aromatic carbocycles. The Balaban J connectivity index is 1.24. The fourth-order valence-corrected chi connectivity index (χ4v) is 3.37. The van der Waals surface area contributed by atoms with Gasteiger partial charge in [-0.1, -0.05) is 17.3 Å². The van der Waals surface area contributed by atoms with Gasteiger partial charge in [0.15, 0.2) is 23.9 Å². The van der Waals surface area contributed by atoms with Gasteiger partial charge >= 0.3 is 5.97 Å². The third kappa shape index (κ3) is 4.39. The molecule has 0 unspecified atom stereocenters. The maximum Gasteiger partial charge on any atom is 0.347 e. The smallest absolute Gasteiger partial charge is 0.347 e. The summed E-state index contributed by atoms with van der Waals surface area (Å²) in [5, 5.41) is 3.92. The minimum absolute atomic E-state index is 0.196. The van der Waals surface area contributed by atoms with Crippen molar-refractivity contribution in [3.63, 3.8) is 0 Å². The van der Waals surface area contributed by atoms with Gasteiger partial charge in [0.1, 0.15) is 0 Å². The second kappa shape index (κ2) is 8.34. The molecule has 0 spiro atoms. The number of ether oxygens (including phenoxy) is 3. The molecular formula is C22H21NO6. The van der Waals surface area contributed by atoms with E-state index in [-0.39, 0.29) is 25.8 Å². The normalized spacial score (nSPS) is 14.4. The summed E-state index contributed by atoms with van der Waals surface area (Å²) in [6, 6.07) is 11.1. The molecule has 0 atom stereocenters. The Morgan fingerprint density at radius 3 is 2.66 bits per heavy atom. The van der Waals surface area contributed by atoms with Crippen molar-refractivity contribution in [2.75, 3.05) is 20.0 Å². The molecule has 0 fully saturated rings. The number of benzene rings is 2. The van der Waals surface area contributed by atoms with Gasteiger partial charge in [0, 0.05) is 11.1 Å². The van der Waals surface area contributed by atoms with E-state index in [1.807, 2.05) is 18.2 Å². The Hall–Kier alpha value is -3.35. The molecule has 2 aliphatic rings. The largest absolute Gasteiger partial charge is 0.455 e. The molecule has 0 radical (unpaired) electrons. The van der Waals surface area contributed by atoms with E-state index in [0.29, 0.717) is 22.8 Å². The number of carbonyl (C=O) groups is 2. The van der Waals surface area contributed by atoms with Gasteiger partial charge in [0.2, 0.25) is 13.4 Å². The lowest BCUT2D eigenvalue weighted by Crippen LogP contribution is -2.17. The summed E-state index contributed by atoms with van der Waals surface area (Å²) in [6.07, 6.45) is 3.17. The van der Waals surface area contributed by atoms with Crippen LogP contribution in [0.2, 0.25) is 0 Å². The summed E-state index contributed by atoms with van der Waals surface area (Å²) < 4.78 is 15.6. The molecule has 29 heavy (non-hydrogen) atoms. The second-order valence-corrected chi connectivity index (χ2v) is 6.94. The first-order chi connectivity index (χ1) is 14.1. The van der Waals surface area contributed by atoms with Crippen molar-refractivity contribution in [3.8, 4) is 11.5 Å². The second-order valence-electron chi connectivity index (χ2n) is 6.94. The number of fused-ring (bicyclic) bond motifs is 2. The van der Waals surface area contributed by atoms with E-state index in [4.69, 9.17) is 19.0 Å². The number of hydrogen-bond donors (Lipinski definition) is 0. The van der Waals surface area contributed by atoms with Gasteiger partial charge in [-0.25, -0.2) is 4.79 Å². The first-order valence-corrected chi connectivity index (χ1v) is 9.47. The van der Waals surface area contributed by atoms with Crippen LogP contribution in [0.5, 0.6) is 11.5 Å². The zero-order valence-electron chi connectivity index (χ0n) is 16.1. The average Bonchev–Trinajstić information content (AvgIpc) is 3.39. The Labute approximate surface area is 168 Å². The van der Waals surface area contributed by atoms with Crippen LogP contribution >= 0.6 is 0 Å². The van der Waals surface area contributed by atoms with E-state index in [2.05, 4.69) is 5.16 Å². The van der Waals surface area contributed by atoms with Crippen molar-refractivity contribution >= 4 is 17.5 Å². The molecular weight excluding hydrogens is 374 g/mol. The van der Waals surface area contributed by atoms with Crippen molar-refractivity contribution in [1.29, 1.82) is 0 Å². The van der Waals surface area contributed by atoms with Crippen LogP contribution in [-0.4, -0.2) is 37.5 Å². The summed E-state index contributed by atoms with van der Waals surface area (Å²) in [5.41, 5.74) is 4.43. The minimum atomic E-state index is -0.651. The molecule has 4 rings (SSSR count). The SMILES string of the molecule is C/C(=N/OCC(=O)OCC(=O)c1ccc2c(c1)CCC2)c1ccc2c(c1)OCO2. The van der Waals surface area contributed by atoms with E-state index >= 15 is 0 Å². The summed E-state index contributed by atoms with van der Waals surface area (Å²) in [7, 11) is 0. The Kier molecular flexibility index (Phi) is 5.46. The fourth-order valence-electron chi connectivity index (χ4n) is 3.37. The highest BCUT2D eigenvalue weighted by molar-refractivity contribution is 5.99. The predicted octanol–water partition coefficient (Wildman–Crippen LogP) is 3.07. The maximum atomic E-state index is 12.2. The van der Waals surface area contributed by atoms with Crippen LogP contribution in [0.3, 0.4) is 0 Å². The lowest BCUT2D eigenvalue weighted by atomic mass is 10.0. The van der Waals surface area contributed by atoms with Crippen LogP contribution < -0.4 is 9.47 Å². The van der Waals surface area contributed by atoms with E-state index < -0.39 is 5.97 Å². The standard InChI is InChI=1S/C22H21NO6/c1-14(16-7-8-20-21(10-16)28-13-27-20)23-29-12-22(25)26-11-19(24)18-6-5-15-3-2-4-17(15)9-18/h5-10H,2-4,11-13H2,1H3/b23-14-. The molecule has 0 N–H and O–H groups in total. The van der Waals surface area contributed by atoms with Gasteiger partial charge in [0.05, 0.1) is 5.71 Å². The van der Waals surface area contributed by atoms with Crippen LogP contribution in [0.1, 0.15) is 40.4 Å². The molecule has 1 aliphatic carbocycles. The predicted molar refractivity (Wildman–Crippen MR) is 104 cm³/mol. The molecule has 0 amide bonds. The number of aryl methyl sites for hydroxylation is 2. The molecule has 7 nitrogen and oxygen atoms in total. The number of nitrogens with zero attached hydrogens (tertiary/aromatic N) is 1. The lowest BCUT2D eigenvalue weighted by molar-refractivity contribution is -0.147. The van der Waals surface area contributed by atoms with Crippen LogP contribution in [0, 0.1) is 0 Å². The van der Waals surface area contributed by atoms with Gasteiger partial charge in [0.25, 0.3) is 0 Å². The molecule has 1 aliphatic heterocycles. The first-order valence-electron chi connectivity index (χ1n) is 9.47. The molecule has 1 heterocycles. The molecule has 0 saturated carbocycles. The van der Waals surface area contributed by atoms with E-state index in [1.54, 1.807) is 25.1 Å². The van der Waals surface area contributed by atoms with Crippen molar-refractivity contribution in [1.82, 2.24) is 0 Å².